The van der Waals surface area contributed by atoms with E-state index < -0.39 is 0 Å². The van der Waals surface area contributed by atoms with E-state index in [1.54, 1.807) is 6.20 Å². The Hall–Kier alpha value is -0.740. The van der Waals surface area contributed by atoms with Crippen LogP contribution in [0.25, 0.3) is 0 Å². The molecule has 0 fully saturated rings. The molecule has 0 aromatic carbocycles. The van der Waals surface area contributed by atoms with Crippen molar-refractivity contribution in [3.05, 3.63) is 23.9 Å². The van der Waals surface area contributed by atoms with Gasteiger partial charge in [-0.05, 0) is 18.2 Å². The van der Waals surface area contributed by atoms with Crippen LogP contribution in [0.3, 0.4) is 0 Å². The summed E-state index contributed by atoms with van der Waals surface area (Å²) in [6.07, 6.45) is 2.87. The van der Waals surface area contributed by atoms with E-state index in [4.69, 9.17) is 11.5 Å². The molecule has 0 radical (unpaired) electrons. The molecule has 0 saturated heterocycles. The summed E-state index contributed by atoms with van der Waals surface area (Å²) in [6, 6.07) is 3.82. The van der Waals surface area contributed by atoms with Crippen LogP contribution in [0.2, 0.25) is 0 Å². The first-order valence-electron chi connectivity index (χ1n) is 4.79. The standard InChI is InChI=1S/C10H17N3S/c1-2-6-14-7-9(11)8-4-3-5-13-10(8)12/h3-5,9H,2,6-7,11H2,1H3,(H2,12,13). The van der Waals surface area contributed by atoms with Crippen LogP contribution >= 0.6 is 11.8 Å². The maximum Gasteiger partial charge on any atom is 0.128 e. The lowest BCUT2D eigenvalue weighted by Crippen LogP contribution is -2.15. The van der Waals surface area contributed by atoms with Crippen molar-refractivity contribution in [2.24, 2.45) is 5.73 Å². The number of hydrogen-bond donors (Lipinski definition) is 2. The molecule has 4 N–H and O–H groups in total. The van der Waals surface area contributed by atoms with Gasteiger partial charge in [-0.15, -0.1) is 0 Å². The van der Waals surface area contributed by atoms with Gasteiger partial charge in [0, 0.05) is 23.6 Å². The number of thioether (sulfide) groups is 1. The van der Waals surface area contributed by atoms with Crippen LogP contribution in [-0.4, -0.2) is 16.5 Å². The van der Waals surface area contributed by atoms with E-state index in [0.717, 1.165) is 17.1 Å². The second kappa shape index (κ2) is 5.88. The van der Waals surface area contributed by atoms with Crippen LogP contribution in [0.1, 0.15) is 24.9 Å². The van der Waals surface area contributed by atoms with E-state index in [2.05, 4.69) is 11.9 Å². The highest BCUT2D eigenvalue weighted by atomic mass is 32.2. The van der Waals surface area contributed by atoms with Crippen LogP contribution in [-0.2, 0) is 0 Å². The number of anilines is 1. The summed E-state index contributed by atoms with van der Waals surface area (Å²) in [6.45, 7) is 2.16. The molecule has 0 saturated carbocycles. The van der Waals surface area contributed by atoms with E-state index in [9.17, 15) is 0 Å². The molecule has 4 heteroatoms. The number of rotatable bonds is 5. The van der Waals surface area contributed by atoms with Gasteiger partial charge in [-0.3, -0.25) is 0 Å². The number of pyridine rings is 1. The van der Waals surface area contributed by atoms with Gasteiger partial charge in [-0.1, -0.05) is 13.0 Å². The van der Waals surface area contributed by atoms with E-state index in [1.165, 1.54) is 6.42 Å². The van der Waals surface area contributed by atoms with Gasteiger partial charge in [-0.25, -0.2) is 4.98 Å². The van der Waals surface area contributed by atoms with Gasteiger partial charge >= 0.3 is 0 Å². The van der Waals surface area contributed by atoms with Crippen molar-refractivity contribution in [3.63, 3.8) is 0 Å². The molecule has 0 amide bonds. The Morgan fingerprint density at radius 2 is 2.36 bits per heavy atom. The van der Waals surface area contributed by atoms with Gasteiger partial charge in [0.25, 0.3) is 0 Å². The molecular formula is C10H17N3S. The zero-order valence-corrected chi connectivity index (χ0v) is 9.26. The van der Waals surface area contributed by atoms with Crippen molar-refractivity contribution < 1.29 is 0 Å². The summed E-state index contributed by atoms with van der Waals surface area (Å²) < 4.78 is 0. The Labute approximate surface area is 89.3 Å². The quantitative estimate of drug-likeness (QED) is 0.729. The second-order valence-electron chi connectivity index (χ2n) is 3.16. The molecule has 0 bridgehead atoms. The molecule has 1 atom stereocenters. The molecule has 0 aliphatic carbocycles. The molecule has 1 unspecified atom stereocenters. The molecule has 0 spiro atoms. The van der Waals surface area contributed by atoms with Gasteiger partial charge in [0.2, 0.25) is 0 Å². The minimum Gasteiger partial charge on any atom is -0.383 e. The van der Waals surface area contributed by atoms with Crippen LogP contribution in [0, 0.1) is 0 Å². The smallest absolute Gasteiger partial charge is 0.128 e. The van der Waals surface area contributed by atoms with Gasteiger partial charge in [0.15, 0.2) is 0 Å². The van der Waals surface area contributed by atoms with Gasteiger partial charge in [-0.2, -0.15) is 11.8 Å². The van der Waals surface area contributed by atoms with Crippen LogP contribution in [0.5, 0.6) is 0 Å². The fourth-order valence-corrected chi connectivity index (χ4v) is 2.08. The zero-order valence-electron chi connectivity index (χ0n) is 8.44. The highest BCUT2D eigenvalue weighted by Gasteiger charge is 2.09. The highest BCUT2D eigenvalue weighted by molar-refractivity contribution is 7.99. The Morgan fingerprint density at radius 1 is 1.57 bits per heavy atom. The third-order valence-electron chi connectivity index (χ3n) is 1.92. The van der Waals surface area contributed by atoms with Gasteiger partial charge in [0.1, 0.15) is 5.82 Å². The Kier molecular flexibility index (Phi) is 4.76. The molecule has 14 heavy (non-hydrogen) atoms. The van der Waals surface area contributed by atoms with Crippen molar-refractivity contribution in [3.8, 4) is 0 Å². The first-order valence-corrected chi connectivity index (χ1v) is 5.95. The maximum absolute atomic E-state index is 6.00. The fraction of sp³-hybridized carbons (Fsp3) is 0.500. The van der Waals surface area contributed by atoms with Crippen molar-refractivity contribution in [2.45, 2.75) is 19.4 Å². The second-order valence-corrected chi connectivity index (χ2v) is 4.31. The number of nitrogens with zero attached hydrogens (tertiary/aromatic N) is 1. The maximum atomic E-state index is 6.00. The molecule has 3 nitrogen and oxygen atoms in total. The van der Waals surface area contributed by atoms with E-state index >= 15 is 0 Å². The largest absolute Gasteiger partial charge is 0.383 e. The molecule has 0 aliphatic heterocycles. The molecule has 1 aromatic rings. The first-order chi connectivity index (χ1) is 6.75. The first kappa shape index (κ1) is 11.3. The number of nitrogens with two attached hydrogens (primary N) is 2. The normalized spacial score (nSPS) is 12.7. The average molecular weight is 211 g/mol. The third-order valence-corrected chi connectivity index (χ3v) is 3.21. The molecule has 1 heterocycles. The Balaban J connectivity index is 2.51. The summed E-state index contributed by atoms with van der Waals surface area (Å²) in [5.74, 6) is 2.61. The van der Waals surface area contributed by atoms with Crippen molar-refractivity contribution >= 4 is 17.6 Å². The summed E-state index contributed by atoms with van der Waals surface area (Å²) in [5.41, 5.74) is 12.7. The minimum absolute atomic E-state index is 0.000231. The van der Waals surface area contributed by atoms with Gasteiger partial charge < -0.3 is 11.5 Å². The molecule has 78 valence electrons. The Morgan fingerprint density at radius 3 is 3.00 bits per heavy atom. The van der Waals surface area contributed by atoms with E-state index in [0.29, 0.717) is 5.82 Å². The predicted octanol–water partition coefficient (Wildman–Crippen LogP) is 1.81. The molecule has 1 rings (SSSR count). The summed E-state index contributed by atoms with van der Waals surface area (Å²) in [5, 5.41) is 0. The predicted molar refractivity (Wildman–Crippen MR) is 63.2 cm³/mol. The van der Waals surface area contributed by atoms with Crippen molar-refractivity contribution in [2.75, 3.05) is 17.2 Å². The highest BCUT2D eigenvalue weighted by Crippen LogP contribution is 2.19. The van der Waals surface area contributed by atoms with Crippen molar-refractivity contribution in [1.82, 2.24) is 4.98 Å². The SMILES string of the molecule is CCCSCC(N)c1cccnc1N. The molecular weight excluding hydrogens is 194 g/mol. The fourth-order valence-electron chi connectivity index (χ4n) is 1.19. The average Bonchev–Trinajstić information content (AvgIpc) is 2.18. The minimum atomic E-state index is 0.000231. The summed E-state index contributed by atoms with van der Waals surface area (Å²) >= 11 is 1.86. The summed E-state index contributed by atoms with van der Waals surface area (Å²) in [7, 11) is 0. The Bertz CT molecular complexity index is 278. The van der Waals surface area contributed by atoms with E-state index in [1.807, 2.05) is 23.9 Å². The monoisotopic (exact) mass is 211 g/mol. The molecule has 1 aromatic heterocycles. The lowest BCUT2D eigenvalue weighted by atomic mass is 10.1. The van der Waals surface area contributed by atoms with Crippen LogP contribution < -0.4 is 11.5 Å². The van der Waals surface area contributed by atoms with Gasteiger partial charge in [0.05, 0.1) is 0 Å². The summed E-state index contributed by atoms with van der Waals surface area (Å²) in [4.78, 5) is 4.02. The van der Waals surface area contributed by atoms with Crippen LogP contribution in [0.15, 0.2) is 18.3 Å². The number of nitrogen functional groups attached to an aromatic ring is 1. The third kappa shape index (κ3) is 3.20. The number of hydrogen-bond acceptors (Lipinski definition) is 4. The van der Waals surface area contributed by atoms with Crippen LogP contribution in [0.4, 0.5) is 5.82 Å². The van der Waals surface area contributed by atoms with E-state index in [-0.39, 0.29) is 6.04 Å². The molecule has 0 aliphatic rings. The number of aromatic nitrogens is 1. The van der Waals surface area contributed by atoms with Crippen molar-refractivity contribution in [1.29, 1.82) is 0 Å². The lowest BCUT2D eigenvalue weighted by molar-refractivity contribution is 0.828. The zero-order chi connectivity index (χ0) is 10.4. The lowest BCUT2D eigenvalue weighted by Gasteiger charge is -2.12. The topological polar surface area (TPSA) is 64.9 Å².